The van der Waals surface area contributed by atoms with Crippen LogP contribution >= 0.6 is 0 Å². The summed E-state index contributed by atoms with van der Waals surface area (Å²) < 4.78 is 11.8. The molecular formula is C22H30N2O2. The zero-order valence-corrected chi connectivity index (χ0v) is 15.6. The molecule has 140 valence electrons. The number of hydrogen-bond donors (Lipinski definition) is 0. The van der Waals surface area contributed by atoms with E-state index in [2.05, 4.69) is 29.2 Å². The van der Waals surface area contributed by atoms with Crippen LogP contribution in [0.15, 0.2) is 54.7 Å². The summed E-state index contributed by atoms with van der Waals surface area (Å²) in [7, 11) is 0. The number of nitrogens with zero attached hydrogens (tertiary/aromatic N) is 2. The highest BCUT2D eigenvalue weighted by molar-refractivity contribution is 5.76. The fourth-order valence-corrected chi connectivity index (χ4v) is 2.66. The van der Waals surface area contributed by atoms with Crippen LogP contribution in [0, 0.1) is 0 Å². The van der Waals surface area contributed by atoms with Gasteiger partial charge in [0.1, 0.15) is 5.75 Å². The van der Waals surface area contributed by atoms with Crippen LogP contribution < -0.4 is 4.74 Å². The number of aromatic nitrogens is 1. The molecular weight excluding hydrogens is 324 g/mol. The summed E-state index contributed by atoms with van der Waals surface area (Å²) >= 11 is 0. The van der Waals surface area contributed by atoms with Gasteiger partial charge in [-0.3, -0.25) is 9.98 Å². The van der Waals surface area contributed by atoms with E-state index in [1.54, 1.807) is 6.20 Å². The molecule has 4 nitrogen and oxygen atoms in total. The highest BCUT2D eigenvalue weighted by Crippen LogP contribution is 2.23. The van der Waals surface area contributed by atoms with Gasteiger partial charge in [0.25, 0.3) is 0 Å². The lowest BCUT2D eigenvalue weighted by atomic mass is 10.1. The molecule has 26 heavy (non-hydrogen) atoms. The second-order valence-electron chi connectivity index (χ2n) is 6.30. The van der Waals surface area contributed by atoms with E-state index in [0.29, 0.717) is 6.61 Å². The Labute approximate surface area is 157 Å². The van der Waals surface area contributed by atoms with Crippen molar-refractivity contribution in [1.29, 1.82) is 0 Å². The summed E-state index contributed by atoms with van der Waals surface area (Å²) in [5.74, 6) is 0.831. The van der Waals surface area contributed by atoms with Crippen LogP contribution in [0.25, 0.3) is 5.70 Å². The maximum Gasteiger partial charge on any atom is 0.123 e. The maximum atomic E-state index is 5.94. The van der Waals surface area contributed by atoms with Crippen molar-refractivity contribution < 1.29 is 9.47 Å². The molecule has 0 saturated carbocycles. The fourth-order valence-electron chi connectivity index (χ4n) is 2.66. The molecule has 0 spiro atoms. The largest absolute Gasteiger partial charge is 0.493 e. The van der Waals surface area contributed by atoms with Gasteiger partial charge < -0.3 is 9.47 Å². The molecule has 0 fully saturated rings. The van der Waals surface area contributed by atoms with Crippen LogP contribution in [-0.4, -0.2) is 30.5 Å². The predicted octanol–water partition coefficient (Wildman–Crippen LogP) is 5.37. The molecule has 0 radical (unpaired) electrons. The Hall–Kier alpha value is -2.20. The summed E-state index contributed by atoms with van der Waals surface area (Å²) in [4.78, 5) is 8.92. The summed E-state index contributed by atoms with van der Waals surface area (Å²) in [5.41, 5.74) is 1.68. The maximum absolute atomic E-state index is 5.94. The quantitative estimate of drug-likeness (QED) is 0.353. The molecule has 0 saturated heterocycles. The first-order valence-electron chi connectivity index (χ1n) is 9.50. The number of ether oxygens (including phenoxy) is 2. The van der Waals surface area contributed by atoms with Gasteiger partial charge in [-0.2, -0.15) is 0 Å². The number of rotatable bonds is 13. The van der Waals surface area contributed by atoms with Crippen molar-refractivity contribution >= 4 is 11.9 Å². The summed E-state index contributed by atoms with van der Waals surface area (Å²) in [5, 5.41) is 0. The molecule has 0 aromatic carbocycles. The summed E-state index contributed by atoms with van der Waals surface area (Å²) in [6, 6.07) is 3.83. The highest BCUT2D eigenvalue weighted by atomic mass is 16.5. The van der Waals surface area contributed by atoms with E-state index in [4.69, 9.17) is 9.47 Å². The first-order chi connectivity index (χ1) is 12.8. The van der Waals surface area contributed by atoms with Crippen LogP contribution in [0.3, 0.4) is 0 Å². The van der Waals surface area contributed by atoms with Gasteiger partial charge in [-0.1, -0.05) is 12.2 Å². The monoisotopic (exact) mass is 354 g/mol. The van der Waals surface area contributed by atoms with Crippen molar-refractivity contribution in [2.45, 2.75) is 51.0 Å². The molecule has 1 unspecified atom stereocenters. The van der Waals surface area contributed by atoms with Crippen molar-refractivity contribution in [3.05, 3.63) is 55.4 Å². The van der Waals surface area contributed by atoms with Crippen molar-refractivity contribution in [1.82, 2.24) is 4.98 Å². The number of allylic oxidation sites excluding steroid dienone is 2. The minimum Gasteiger partial charge on any atom is -0.493 e. The minimum atomic E-state index is 0.0662. The Morgan fingerprint density at radius 1 is 1.08 bits per heavy atom. The SMILES string of the molecule is C=CCCCCOc1ccnc(C2=CC(OCCCCC=C)CC=N2)c1. The average molecular weight is 354 g/mol. The molecule has 1 aromatic heterocycles. The van der Waals surface area contributed by atoms with E-state index in [9.17, 15) is 0 Å². The highest BCUT2D eigenvalue weighted by Gasteiger charge is 2.13. The van der Waals surface area contributed by atoms with E-state index in [1.165, 1.54) is 0 Å². The third kappa shape index (κ3) is 7.36. The van der Waals surface area contributed by atoms with Crippen molar-refractivity contribution in [3.8, 4) is 5.75 Å². The zero-order chi connectivity index (χ0) is 18.5. The predicted molar refractivity (Wildman–Crippen MR) is 109 cm³/mol. The molecule has 0 aliphatic carbocycles. The fraction of sp³-hybridized carbons (Fsp3) is 0.455. The lowest BCUT2D eigenvalue weighted by molar-refractivity contribution is 0.0873. The van der Waals surface area contributed by atoms with Gasteiger partial charge in [0.2, 0.25) is 0 Å². The van der Waals surface area contributed by atoms with Gasteiger partial charge in [-0.15, -0.1) is 13.2 Å². The summed E-state index contributed by atoms with van der Waals surface area (Å²) in [6.45, 7) is 8.94. The molecule has 1 aromatic rings. The lowest BCUT2D eigenvalue weighted by Crippen LogP contribution is -2.15. The van der Waals surface area contributed by atoms with E-state index in [-0.39, 0.29) is 6.10 Å². The number of hydrogen-bond acceptors (Lipinski definition) is 4. The third-order valence-corrected chi connectivity index (χ3v) is 4.11. The van der Waals surface area contributed by atoms with Crippen molar-refractivity contribution in [2.75, 3.05) is 13.2 Å². The Balaban J connectivity index is 1.85. The first kappa shape index (κ1) is 20.1. The van der Waals surface area contributed by atoms with Crippen LogP contribution in [0.4, 0.5) is 0 Å². The number of pyridine rings is 1. The molecule has 1 aliphatic rings. The van der Waals surface area contributed by atoms with Crippen LogP contribution in [-0.2, 0) is 4.74 Å². The van der Waals surface area contributed by atoms with E-state index < -0.39 is 0 Å². The minimum absolute atomic E-state index is 0.0662. The van der Waals surface area contributed by atoms with Gasteiger partial charge in [0.15, 0.2) is 0 Å². The van der Waals surface area contributed by atoms with E-state index >= 15 is 0 Å². The third-order valence-electron chi connectivity index (χ3n) is 4.11. The van der Waals surface area contributed by atoms with Crippen LogP contribution in [0.2, 0.25) is 0 Å². The molecule has 2 rings (SSSR count). The molecule has 0 N–H and O–H groups in total. The Morgan fingerprint density at radius 2 is 1.85 bits per heavy atom. The Kier molecular flexibility index (Phi) is 9.44. The van der Waals surface area contributed by atoms with E-state index in [1.807, 2.05) is 30.5 Å². The zero-order valence-electron chi connectivity index (χ0n) is 15.6. The van der Waals surface area contributed by atoms with Crippen molar-refractivity contribution in [2.24, 2.45) is 4.99 Å². The van der Waals surface area contributed by atoms with Gasteiger partial charge in [-0.25, -0.2) is 0 Å². The second-order valence-corrected chi connectivity index (χ2v) is 6.30. The summed E-state index contributed by atoms with van der Waals surface area (Å²) in [6.07, 6.45) is 16.9. The molecule has 0 bridgehead atoms. The molecule has 4 heteroatoms. The van der Waals surface area contributed by atoms with Gasteiger partial charge in [-0.05, 0) is 50.7 Å². The average Bonchev–Trinajstić information content (AvgIpc) is 2.68. The lowest BCUT2D eigenvalue weighted by Gasteiger charge is -2.17. The normalized spacial score (nSPS) is 16.2. The van der Waals surface area contributed by atoms with Crippen molar-refractivity contribution in [3.63, 3.8) is 0 Å². The standard InChI is InChI=1S/C22H30N2O2/c1-3-5-7-9-15-25-19-11-13-23-21(17-19)22-18-20(12-14-24-22)26-16-10-8-6-4-2/h3-4,11,13-14,17-18,20H,1-2,5-10,12,15-16H2. The van der Waals surface area contributed by atoms with Crippen LogP contribution in [0.5, 0.6) is 5.75 Å². The van der Waals surface area contributed by atoms with Gasteiger partial charge in [0.05, 0.1) is 24.1 Å². The molecule has 2 heterocycles. The topological polar surface area (TPSA) is 43.7 Å². The number of aliphatic imine (C=N–C) groups is 1. The Morgan fingerprint density at radius 3 is 2.62 bits per heavy atom. The van der Waals surface area contributed by atoms with Crippen LogP contribution in [0.1, 0.15) is 50.6 Å². The van der Waals surface area contributed by atoms with Gasteiger partial charge >= 0.3 is 0 Å². The first-order valence-corrected chi connectivity index (χ1v) is 9.50. The Bertz CT molecular complexity index is 622. The smallest absolute Gasteiger partial charge is 0.123 e. The van der Waals surface area contributed by atoms with E-state index in [0.717, 1.165) is 68.7 Å². The second kappa shape index (κ2) is 12.2. The van der Waals surface area contributed by atoms with Gasteiger partial charge in [0, 0.05) is 31.5 Å². The number of unbranched alkanes of at least 4 members (excludes halogenated alkanes) is 4. The molecule has 1 atom stereocenters. The molecule has 1 aliphatic heterocycles. The molecule has 0 amide bonds.